The molecule has 3 rings (SSSR count). The first-order valence-corrected chi connectivity index (χ1v) is 6.15. The summed E-state index contributed by atoms with van der Waals surface area (Å²) < 4.78 is 3.66. The molecule has 3 heterocycles. The molecule has 0 saturated heterocycles. The van der Waals surface area contributed by atoms with Gasteiger partial charge in [-0.2, -0.15) is 10.2 Å². The van der Waals surface area contributed by atoms with Crippen LogP contribution < -0.4 is 5.32 Å². The summed E-state index contributed by atoms with van der Waals surface area (Å²) in [7, 11) is 3.84. The van der Waals surface area contributed by atoms with Gasteiger partial charge in [0.2, 0.25) is 0 Å². The number of aromatic nitrogens is 5. The second-order valence-electron chi connectivity index (χ2n) is 4.60. The Kier molecular flexibility index (Phi) is 2.70. The molecule has 0 aliphatic rings. The van der Waals surface area contributed by atoms with Crippen molar-refractivity contribution in [1.82, 2.24) is 24.5 Å². The molecule has 0 unspecified atom stereocenters. The van der Waals surface area contributed by atoms with E-state index < -0.39 is 0 Å². The van der Waals surface area contributed by atoms with Crippen LogP contribution in [-0.4, -0.2) is 24.5 Å². The zero-order valence-corrected chi connectivity index (χ0v) is 11.3. The van der Waals surface area contributed by atoms with Gasteiger partial charge < -0.3 is 5.32 Å². The van der Waals surface area contributed by atoms with Gasteiger partial charge in [-0.05, 0) is 19.1 Å². The third-order valence-electron chi connectivity index (χ3n) is 3.26. The number of nitrogens with zero attached hydrogens (tertiary/aromatic N) is 5. The average Bonchev–Trinajstić information content (AvgIpc) is 2.92. The topological polar surface area (TPSA) is 60.6 Å². The predicted molar refractivity (Wildman–Crippen MR) is 73.8 cm³/mol. The van der Waals surface area contributed by atoms with E-state index in [0.29, 0.717) is 0 Å². The maximum Gasteiger partial charge on any atom is 0.157 e. The SMILES string of the molecule is Cc1nn(C)c2ncc(NCc3ccnn3C)cc12. The lowest BCUT2D eigenvalue weighted by atomic mass is 10.2. The number of hydrogen-bond acceptors (Lipinski definition) is 4. The van der Waals surface area contributed by atoms with Crippen molar-refractivity contribution in [2.45, 2.75) is 13.5 Å². The normalized spacial score (nSPS) is 11.1. The lowest BCUT2D eigenvalue weighted by Gasteiger charge is -2.06. The molecule has 1 N–H and O–H groups in total. The zero-order chi connectivity index (χ0) is 13.4. The molecule has 19 heavy (non-hydrogen) atoms. The van der Waals surface area contributed by atoms with Crippen molar-refractivity contribution in [1.29, 1.82) is 0 Å². The summed E-state index contributed by atoms with van der Waals surface area (Å²) in [6.07, 6.45) is 3.63. The van der Waals surface area contributed by atoms with Crippen LogP contribution in [0.15, 0.2) is 24.5 Å². The van der Waals surface area contributed by atoms with Crippen molar-refractivity contribution in [2.24, 2.45) is 14.1 Å². The molecule has 0 aliphatic carbocycles. The van der Waals surface area contributed by atoms with Crippen LogP contribution in [-0.2, 0) is 20.6 Å². The first kappa shape index (κ1) is 11.7. The van der Waals surface area contributed by atoms with Crippen LogP contribution in [0.25, 0.3) is 11.0 Å². The zero-order valence-electron chi connectivity index (χ0n) is 11.3. The number of rotatable bonds is 3. The lowest BCUT2D eigenvalue weighted by Crippen LogP contribution is -2.05. The second-order valence-corrected chi connectivity index (χ2v) is 4.60. The van der Waals surface area contributed by atoms with Crippen molar-refractivity contribution in [3.8, 4) is 0 Å². The molecule has 0 amide bonds. The maximum absolute atomic E-state index is 4.44. The fourth-order valence-corrected chi connectivity index (χ4v) is 2.17. The summed E-state index contributed by atoms with van der Waals surface area (Å²) in [6, 6.07) is 4.08. The van der Waals surface area contributed by atoms with Crippen LogP contribution in [0, 0.1) is 6.92 Å². The van der Waals surface area contributed by atoms with Crippen molar-refractivity contribution >= 4 is 16.7 Å². The van der Waals surface area contributed by atoms with Gasteiger partial charge in [0.05, 0.1) is 29.8 Å². The van der Waals surface area contributed by atoms with Gasteiger partial charge in [0.1, 0.15) is 0 Å². The molecule has 0 bridgehead atoms. The maximum atomic E-state index is 4.44. The second kappa shape index (κ2) is 4.38. The van der Waals surface area contributed by atoms with Gasteiger partial charge in [0.15, 0.2) is 5.65 Å². The number of nitrogens with one attached hydrogen (secondary N) is 1. The number of fused-ring (bicyclic) bond motifs is 1. The fourth-order valence-electron chi connectivity index (χ4n) is 2.17. The first-order valence-electron chi connectivity index (χ1n) is 6.15. The van der Waals surface area contributed by atoms with E-state index in [9.17, 15) is 0 Å². The van der Waals surface area contributed by atoms with E-state index in [2.05, 4.69) is 26.6 Å². The van der Waals surface area contributed by atoms with Gasteiger partial charge in [-0.3, -0.25) is 9.36 Å². The van der Waals surface area contributed by atoms with Crippen molar-refractivity contribution in [3.63, 3.8) is 0 Å². The Hall–Kier alpha value is -2.37. The van der Waals surface area contributed by atoms with Gasteiger partial charge in [-0.15, -0.1) is 0 Å². The highest BCUT2D eigenvalue weighted by Gasteiger charge is 2.07. The van der Waals surface area contributed by atoms with E-state index in [4.69, 9.17) is 0 Å². The summed E-state index contributed by atoms with van der Waals surface area (Å²) in [6.45, 7) is 2.72. The number of hydrogen-bond donors (Lipinski definition) is 1. The molecular weight excluding hydrogens is 240 g/mol. The van der Waals surface area contributed by atoms with E-state index in [1.165, 1.54) is 0 Å². The Balaban J connectivity index is 1.86. The average molecular weight is 256 g/mol. The van der Waals surface area contributed by atoms with Crippen LogP contribution >= 0.6 is 0 Å². The number of aryl methyl sites for hydroxylation is 3. The van der Waals surface area contributed by atoms with E-state index in [1.54, 1.807) is 10.9 Å². The highest BCUT2D eigenvalue weighted by atomic mass is 15.3. The predicted octanol–water partition coefficient (Wildman–Crippen LogP) is 1.62. The minimum Gasteiger partial charge on any atom is -0.378 e. The smallest absolute Gasteiger partial charge is 0.157 e. The molecule has 3 aromatic rings. The highest BCUT2D eigenvalue weighted by molar-refractivity contribution is 5.81. The molecule has 0 saturated carbocycles. The van der Waals surface area contributed by atoms with Crippen molar-refractivity contribution in [3.05, 3.63) is 35.9 Å². The van der Waals surface area contributed by atoms with E-state index >= 15 is 0 Å². The summed E-state index contributed by atoms with van der Waals surface area (Å²) in [5.74, 6) is 0. The molecule has 0 radical (unpaired) electrons. The lowest BCUT2D eigenvalue weighted by molar-refractivity contribution is 0.720. The van der Waals surface area contributed by atoms with Crippen LogP contribution in [0.3, 0.4) is 0 Å². The highest BCUT2D eigenvalue weighted by Crippen LogP contribution is 2.19. The third-order valence-corrected chi connectivity index (χ3v) is 3.26. The summed E-state index contributed by atoms with van der Waals surface area (Å²) >= 11 is 0. The van der Waals surface area contributed by atoms with E-state index in [-0.39, 0.29) is 0 Å². The van der Waals surface area contributed by atoms with E-state index in [0.717, 1.165) is 34.7 Å². The summed E-state index contributed by atoms with van der Waals surface area (Å²) in [5.41, 5.74) is 4.02. The van der Waals surface area contributed by atoms with Gasteiger partial charge >= 0.3 is 0 Å². The largest absolute Gasteiger partial charge is 0.378 e. The van der Waals surface area contributed by atoms with Crippen LogP contribution in [0.2, 0.25) is 0 Å². The number of pyridine rings is 1. The molecule has 0 aromatic carbocycles. The molecule has 6 nitrogen and oxygen atoms in total. The molecule has 0 aliphatic heterocycles. The molecule has 0 fully saturated rings. The monoisotopic (exact) mass is 256 g/mol. The third kappa shape index (κ3) is 2.05. The molecule has 0 spiro atoms. The molecule has 0 atom stereocenters. The molecule has 98 valence electrons. The van der Waals surface area contributed by atoms with Gasteiger partial charge in [0.25, 0.3) is 0 Å². The Bertz CT molecular complexity index is 724. The quantitative estimate of drug-likeness (QED) is 0.773. The first-order chi connectivity index (χ1) is 9.15. The van der Waals surface area contributed by atoms with Crippen LogP contribution in [0.1, 0.15) is 11.4 Å². The standard InChI is InChI=1S/C13H16N6/c1-9-12-6-10(7-15-13(12)19(3)17-9)14-8-11-4-5-16-18(11)2/h4-7,14H,8H2,1-3H3. The summed E-state index contributed by atoms with van der Waals surface area (Å²) in [4.78, 5) is 4.44. The Morgan fingerprint density at radius 1 is 1.26 bits per heavy atom. The minimum atomic E-state index is 0.725. The Labute approximate surface area is 111 Å². The minimum absolute atomic E-state index is 0.725. The van der Waals surface area contributed by atoms with Gasteiger partial charge in [-0.25, -0.2) is 4.98 Å². The van der Waals surface area contributed by atoms with Crippen molar-refractivity contribution in [2.75, 3.05) is 5.32 Å². The van der Waals surface area contributed by atoms with Crippen LogP contribution in [0.5, 0.6) is 0 Å². The van der Waals surface area contributed by atoms with E-state index in [1.807, 2.05) is 38.0 Å². The molecule has 6 heteroatoms. The van der Waals surface area contributed by atoms with Crippen LogP contribution in [0.4, 0.5) is 5.69 Å². The fraction of sp³-hybridized carbons (Fsp3) is 0.308. The molecule has 3 aromatic heterocycles. The number of anilines is 1. The van der Waals surface area contributed by atoms with Crippen molar-refractivity contribution < 1.29 is 0 Å². The Morgan fingerprint density at radius 2 is 2.11 bits per heavy atom. The van der Waals surface area contributed by atoms with Gasteiger partial charge in [0, 0.05) is 25.7 Å². The summed E-state index contributed by atoms with van der Waals surface area (Å²) in [5, 5.41) is 12.9. The van der Waals surface area contributed by atoms with Gasteiger partial charge in [-0.1, -0.05) is 0 Å². The Morgan fingerprint density at radius 3 is 2.84 bits per heavy atom. The molecular formula is C13H16N6.